The van der Waals surface area contributed by atoms with Gasteiger partial charge >= 0.3 is 0 Å². The molecule has 1 aliphatic rings. The standard InChI is InChI=1S/C15H15F2N3/c16-13-5-4-12(7-14(13)17)20-15-6-1-10(9-19-15)8-18-11-2-3-11/h1,4-7,9,11,18H,2-3,8H2,(H,19,20). The Balaban J connectivity index is 1.62. The van der Waals surface area contributed by atoms with Gasteiger partial charge in [0, 0.05) is 30.5 Å². The van der Waals surface area contributed by atoms with Gasteiger partial charge in [-0.1, -0.05) is 6.07 Å². The number of anilines is 2. The Kier molecular flexibility index (Phi) is 3.60. The molecule has 2 N–H and O–H groups in total. The highest BCUT2D eigenvalue weighted by Gasteiger charge is 2.19. The van der Waals surface area contributed by atoms with E-state index in [-0.39, 0.29) is 0 Å². The predicted octanol–water partition coefficient (Wildman–Crippen LogP) is 3.36. The number of nitrogens with zero attached hydrogens (tertiary/aromatic N) is 1. The van der Waals surface area contributed by atoms with Crippen molar-refractivity contribution in [1.82, 2.24) is 10.3 Å². The van der Waals surface area contributed by atoms with Crippen molar-refractivity contribution in [1.29, 1.82) is 0 Å². The zero-order valence-electron chi connectivity index (χ0n) is 10.9. The molecule has 0 unspecified atom stereocenters. The van der Waals surface area contributed by atoms with E-state index in [1.54, 1.807) is 6.20 Å². The van der Waals surface area contributed by atoms with E-state index in [1.165, 1.54) is 18.9 Å². The fraction of sp³-hybridized carbons (Fsp3) is 0.267. The third-order valence-corrected chi connectivity index (χ3v) is 3.19. The largest absolute Gasteiger partial charge is 0.340 e. The summed E-state index contributed by atoms with van der Waals surface area (Å²) in [6, 6.07) is 8.12. The Morgan fingerprint density at radius 2 is 1.95 bits per heavy atom. The molecule has 20 heavy (non-hydrogen) atoms. The Morgan fingerprint density at radius 1 is 1.10 bits per heavy atom. The van der Waals surface area contributed by atoms with Crippen LogP contribution in [0.15, 0.2) is 36.5 Å². The molecule has 1 aliphatic carbocycles. The van der Waals surface area contributed by atoms with E-state index in [0.29, 0.717) is 17.5 Å². The van der Waals surface area contributed by atoms with Crippen molar-refractivity contribution in [2.45, 2.75) is 25.4 Å². The summed E-state index contributed by atoms with van der Waals surface area (Å²) in [6.07, 6.45) is 4.28. The average Bonchev–Trinajstić information content (AvgIpc) is 3.26. The van der Waals surface area contributed by atoms with Crippen LogP contribution in [0.3, 0.4) is 0 Å². The second kappa shape index (κ2) is 5.54. The van der Waals surface area contributed by atoms with Crippen LogP contribution in [0, 0.1) is 11.6 Å². The first-order chi connectivity index (χ1) is 9.70. The van der Waals surface area contributed by atoms with Crippen LogP contribution in [-0.2, 0) is 6.54 Å². The van der Waals surface area contributed by atoms with Gasteiger partial charge in [0.1, 0.15) is 5.82 Å². The van der Waals surface area contributed by atoms with E-state index in [9.17, 15) is 8.78 Å². The zero-order chi connectivity index (χ0) is 13.9. The highest BCUT2D eigenvalue weighted by molar-refractivity contribution is 5.56. The van der Waals surface area contributed by atoms with E-state index in [1.807, 2.05) is 12.1 Å². The quantitative estimate of drug-likeness (QED) is 0.878. The lowest BCUT2D eigenvalue weighted by atomic mass is 10.2. The number of aromatic nitrogens is 1. The summed E-state index contributed by atoms with van der Waals surface area (Å²) >= 11 is 0. The fourth-order valence-corrected chi connectivity index (χ4v) is 1.87. The van der Waals surface area contributed by atoms with E-state index in [2.05, 4.69) is 15.6 Å². The van der Waals surface area contributed by atoms with Gasteiger partial charge in [0.25, 0.3) is 0 Å². The predicted molar refractivity (Wildman–Crippen MR) is 73.7 cm³/mol. The summed E-state index contributed by atoms with van der Waals surface area (Å²) in [4.78, 5) is 4.26. The molecule has 3 nitrogen and oxygen atoms in total. The van der Waals surface area contributed by atoms with Gasteiger partial charge in [0.15, 0.2) is 11.6 Å². The van der Waals surface area contributed by atoms with Gasteiger partial charge in [-0.2, -0.15) is 0 Å². The highest BCUT2D eigenvalue weighted by atomic mass is 19.2. The van der Waals surface area contributed by atoms with E-state index in [4.69, 9.17) is 0 Å². The lowest BCUT2D eigenvalue weighted by molar-refractivity contribution is 0.509. The number of benzene rings is 1. The van der Waals surface area contributed by atoms with Crippen LogP contribution < -0.4 is 10.6 Å². The molecular weight excluding hydrogens is 260 g/mol. The van der Waals surface area contributed by atoms with Gasteiger partial charge in [0.05, 0.1) is 0 Å². The second-order valence-electron chi connectivity index (χ2n) is 4.96. The minimum absolute atomic E-state index is 0.472. The van der Waals surface area contributed by atoms with Crippen LogP contribution in [0.25, 0.3) is 0 Å². The molecule has 2 aromatic rings. The maximum absolute atomic E-state index is 13.1. The maximum atomic E-state index is 13.1. The van der Waals surface area contributed by atoms with Crippen molar-refractivity contribution in [3.05, 3.63) is 53.7 Å². The Bertz CT molecular complexity index is 595. The SMILES string of the molecule is Fc1ccc(Nc2ccc(CNC3CC3)cn2)cc1F. The fourth-order valence-electron chi connectivity index (χ4n) is 1.87. The minimum atomic E-state index is -0.875. The summed E-state index contributed by atoms with van der Waals surface area (Å²) in [6.45, 7) is 0.809. The van der Waals surface area contributed by atoms with Gasteiger partial charge in [-0.15, -0.1) is 0 Å². The molecule has 1 aromatic carbocycles. The van der Waals surface area contributed by atoms with Crippen molar-refractivity contribution in [2.24, 2.45) is 0 Å². The van der Waals surface area contributed by atoms with Crippen LogP contribution in [0.1, 0.15) is 18.4 Å². The van der Waals surface area contributed by atoms with Gasteiger partial charge < -0.3 is 10.6 Å². The lowest BCUT2D eigenvalue weighted by Gasteiger charge is -2.07. The van der Waals surface area contributed by atoms with E-state index < -0.39 is 11.6 Å². The molecule has 1 saturated carbocycles. The average molecular weight is 275 g/mol. The lowest BCUT2D eigenvalue weighted by Crippen LogP contribution is -2.15. The van der Waals surface area contributed by atoms with Crippen LogP contribution in [0.4, 0.5) is 20.3 Å². The van der Waals surface area contributed by atoms with Crippen LogP contribution in [0.5, 0.6) is 0 Å². The topological polar surface area (TPSA) is 37.0 Å². The molecule has 1 fully saturated rings. The third kappa shape index (κ3) is 3.30. The molecule has 1 aromatic heterocycles. The van der Waals surface area contributed by atoms with Gasteiger partial charge in [-0.05, 0) is 36.6 Å². The molecule has 5 heteroatoms. The van der Waals surface area contributed by atoms with Gasteiger partial charge in [-0.25, -0.2) is 13.8 Å². The molecule has 0 aliphatic heterocycles. The van der Waals surface area contributed by atoms with Crippen molar-refractivity contribution < 1.29 is 8.78 Å². The van der Waals surface area contributed by atoms with Crippen LogP contribution >= 0.6 is 0 Å². The summed E-state index contributed by atoms with van der Waals surface area (Å²) in [5, 5.41) is 6.34. The Morgan fingerprint density at radius 3 is 2.60 bits per heavy atom. The molecule has 0 bridgehead atoms. The molecule has 1 heterocycles. The molecule has 0 atom stereocenters. The molecule has 0 amide bonds. The van der Waals surface area contributed by atoms with E-state index >= 15 is 0 Å². The summed E-state index contributed by atoms with van der Waals surface area (Å²) < 4.78 is 25.9. The van der Waals surface area contributed by atoms with Crippen molar-refractivity contribution in [3.63, 3.8) is 0 Å². The first-order valence-corrected chi connectivity index (χ1v) is 6.61. The number of nitrogens with one attached hydrogen (secondary N) is 2. The highest BCUT2D eigenvalue weighted by Crippen LogP contribution is 2.20. The number of hydrogen-bond acceptors (Lipinski definition) is 3. The van der Waals surface area contributed by atoms with Crippen molar-refractivity contribution in [3.8, 4) is 0 Å². The summed E-state index contributed by atoms with van der Waals surface area (Å²) in [7, 11) is 0. The first-order valence-electron chi connectivity index (χ1n) is 6.61. The minimum Gasteiger partial charge on any atom is -0.340 e. The summed E-state index contributed by atoms with van der Waals surface area (Å²) in [5.41, 5.74) is 1.58. The van der Waals surface area contributed by atoms with Gasteiger partial charge in [0.2, 0.25) is 0 Å². The van der Waals surface area contributed by atoms with Gasteiger partial charge in [-0.3, -0.25) is 0 Å². The second-order valence-corrected chi connectivity index (χ2v) is 4.96. The smallest absolute Gasteiger partial charge is 0.160 e. The molecule has 3 rings (SSSR count). The number of rotatable bonds is 5. The molecule has 0 radical (unpaired) electrons. The maximum Gasteiger partial charge on any atom is 0.160 e. The summed E-state index contributed by atoms with van der Waals surface area (Å²) in [5.74, 6) is -1.13. The van der Waals surface area contributed by atoms with E-state index in [0.717, 1.165) is 24.2 Å². The van der Waals surface area contributed by atoms with Crippen LogP contribution in [-0.4, -0.2) is 11.0 Å². The molecule has 104 valence electrons. The Hall–Kier alpha value is -2.01. The van der Waals surface area contributed by atoms with Crippen molar-refractivity contribution in [2.75, 3.05) is 5.32 Å². The normalized spacial score (nSPS) is 14.3. The third-order valence-electron chi connectivity index (χ3n) is 3.19. The van der Waals surface area contributed by atoms with Crippen molar-refractivity contribution >= 4 is 11.5 Å². The Labute approximate surface area is 116 Å². The first kappa shape index (κ1) is 13.0. The number of halogens is 2. The van der Waals surface area contributed by atoms with Crippen LogP contribution in [0.2, 0.25) is 0 Å². The number of pyridine rings is 1. The molecule has 0 saturated heterocycles. The molecule has 0 spiro atoms. The zero-order valence-corrected chi connectivity index (χ0v) is 10.9. The molecular formula is C15H15F2N3. The monoisotopic (exact) mass is 275 g/mol. The number of hydrogen-bond donors (Lipinski definition) is 2.